The fourth-order valence-electron chi connectivity index (χ4n) is 1.54. The Hall–Kier alpha value is -1.55. The van der Waals surface area contributed by atoms with Crippen LogP contribution in [0.5, 0.6) is 0 Å². The summed E-state index contributed by atoms with van der Waals surface area (Å²) in [7, 11) is 0. The van der Waals surface area contributed by atoms with Gasteiger partial charge in [-0.15, -0.1) is 0 Å². The Morgan fingerprint density at radius 1 is 1.47 bits per heavy atom. The van der Waals surface area contributed by atoms with Crippen LogP contribution in [0.25, 0.3) is 11.1 Å². The summed E-state index contributed by atoms with van der Waals surface area (Å²) in [5, 5.41) is 9.52. The molecule has 5 heteroatoms. The van der Waals surface area contributed by atoms with Gasteiger partial charge in [0.15, 0.2) is 11.5 Å². The molecule has 4 nitrogen and oxygen atoms in total. The van der Waals surface area contributed by atoms with Crippen LogP contribution in [0.3, 0.4) is 0 Å². The van der Waals surface area contributed by atoms with E-state index in [1.54, 1.807) is 32.0 Å². The van der Waals surface area contributed by atoms with Crippen molar-refractivity contribution in [1.29, 1.82) is 0 Å². The lowest BCUT2D eigenvalue weighted by atomic mass is 9.96. The number of fused-ring (bicyclic) bond motifs is 1. The maximum Gasteiger partial charge on any atom is 0.307 e. The highest BCUT2D eigenvalue weighted by atomic mass is 35.5. The van der Waals surface area contributed by atoms with E-state index in [1.165, 1.54) is 0 Å². The molecule has 1 heterocycles. The SMILES string of the molecule is CC(C(=O)O)C(C)c1nc2cc(Cl)ccc2o1. The van der Waals surface area contributed by atoms with Crippen LogP contribution >= 0.6 is 11.6 Å². The highest BCUT2D eigenvalue weighted by Gasteiger charge is 2.25. The van der Waals surface area contributed by atoms with Crippen molar-refractivity contribution in [2.75, 3.05) is 0 Å². The summed E-state index contributed by atoms with van der Waals surface area (Å²) in [4.78, 5) is 15.2. The van der Waals surface area contributed by atoms with E-state index in [0.717, 1.165) is 0 Å². The molecule has 2 atom stereocenters. The Labute approximate surface area is 103 Å². The van der Waals surface area contributed by atoms with Crippen LogP contribution in [0.15, 0.2) is 22.6 Å². The average molecular weight is 254 g/mol. The van der Waals surface area contributed by atoms with Crippen molar-refractivity contribution < 1.29 is 14.3 Å². The summed E-state index contributed by atoms with van der Waals surface area (Å²) in [5.74, 6) is -1.26. The van der Waals surface area contributed by atoms with Gasteiger partial charge >= 0.3 is 5.97 Å². The first kappa shape index (κ1) is 11.9. The molecule has 1 aromatic heterocycles. The summed E-state index contributed by atoms with van der Waals surface area (Å²) < 4.78 is 5.52. The van der Waals surface area contributed by atoms with E-state index in [-0.39, 0.29) is 5.92 Å². The lowest BCUT2D eigenvalue weighted by Gasteiger charge is -2.11. The number of aliphatic carboxylic acids is 1. The van der Waals surface area contributed by atoms with E-state index in [0.29, 0.717) is 22.0 Å². The summed E-state index contributed by atoms with van der Waals surface area (Å²) in [6, 6.07) is 5.14. The molecule has 0 spiro atoms. The first-order valence-corrected chi connectivity index (χ1v) is 5.65. The molecule has 0 amide bonds. The second kappa shape index (κ2) is 4.37. The van der Waals surface area contributed by atoms with Gasteiger partial charge in [0, 0.05) is 10.9 Å². The molecule has 0 aliphatic heterocycles. The van der Waals surface area contributed by atoms with Crippen LogP contribution in [-0.4, -0.2) is 16.1 Å². The van der Waals surface area contributed by atoms with Crippen LogP contribution in [-0.2, 0) is 4.79 Å². The maximum atomic E-state index is 10.9. The Kier molecular flexibility index (Phi) is 3.07. The molecular weight excluding hydrogens is 242 g/mol. The zero-order valence-corrected chi connectivity index (χ0v) is 10.2. The summed E-state index contributed by atoms with van der Waals surface area (Å²) in [6.45, 7) is 3.42. The van der Waals surface area contributed by atoms with Gasteiger partial charge in [-0.1, -0.05) is 25.4 Å². The fourth-order valence-corrected chi connectivity index (χ4v) is 1.71. The number of aromatic nitrogens is 1. The van der Waals surface area contributed by atoms with Crippen molar-refractivity contribution in [3.63, 3.8) is 0 Å². The van der Waals surface area contributed by atoms with Gasteiger partial charge in [-0.05, 0) is 18.2 Å². The Morgan fingerprint density at radius 3 is 2.82 bits per heavy atom. The number of carbonyl (C=O) groups is 1. The molecule has 0 radical (unpaired) electrons. The van der Waals surface area contributed by atoms with Gasteiger partial charge in [0.25, 0.3) is 0 Å². The molecular formula is C12H12ClNO3. The second-order valence-corrected chi connectivity index (χ2v) is 4.52. The van der Waals surface area contributed by atoms with Crippen molar-refractivity contribution in [2.45, 2.75) is 19.8 Å². The highest BCUT2D eigenvalue weighted by molar-refractivity contribution is 6.31. The van der Waals surface area contributed by atoms with Crippen molar-refractivity contribution in [3.05, 3.63) is 29.1 Å². The van der Waals surface area contributed by atoms with Crippen molar-refractivity contribution in [3.8, 4) is 0 Å². The summed E-state index contributed by atoms with van der Waals surface area (Å²) in [6.07, 6.45) is 0. The van der Waals surface area contributed by atoms with E-state index < -0.39 is 11.9 Å². The average Bonchev–Trinajstić information content (AvgIpc) is 2.69. The third kappa shape index (κ3) is 2.26. The minimum Gasteiger partial charge on any atom is -0.481 e. The predicted octanol–water partition coefficient (Wildman–Crippen LogP) is 3.31. The third-order valence-corrected chi connectivity index (χ3v) is 3.13. The number of halogens is 1. The molecule has 1 N–H and O–H groups in total. The number of benzene rings is 1. The summed E-state index contributed by atoms with van der Waals surface area (Å²) in [5.41, 5.74) is 1.27. The van der Waals surface area contributed by atoms with Crippen molar-refractivity contribution in [1.82, 2.24) is 4.98 Å². The lowest BCUT2D eigenvalue weighted by molar-refractivity contribution is -0.141. The molecule has 0 saturated carbocycles. The fraction of sp³-hybridized carbons (Fsp3) is 0.333. The molecule has 17 heavy (non-hydrogen) atoms. The third-order valence-electron chi connectivity index (χ3n) is 2.90. The second-order valence-electron chi connectivity index (χ2n) is 4.08. The predicted molar refractivity (Wildman–Crippen MR) is 64.2 cm³/mol. The van der Waals surface area contributed by atoms with Gasteiger partial charge in [-0.3, -0.25) is 4.79 Å². The van der Waals surface area contributed by atoms with E-state index in [9.17, 15) is 4.79 Å². The first-order valence-electron chi connectivity index (χ1n) is 5.28. The van der Waals surface area contributed by atoms with Crippen molar-refractivity contribution in [2.24, 2.45) is 5.92 Å². The highest BCUT2D eigenvalue weighted by Crippen LogP contribution is 2.28. The smallest absolute Gasteiger partial charge is 0.307 e. The molecule has 0 fully saturated rings. The maximum absolute atomic E-state index is 10.9. The van der Waals surface area contributed by atoms with Crippen LogP contribution in [0.1, 0.15) is 25.7 Å². The van der Waals surface area contributed by atoms with Gasteiger partial charge in [0.2, 0.25) is 0 Å². The molecule has 1 aromatic carbocycles. The molecule has 90 valence electrons. The monoisotopic (exact) mass is 253 g/mol. The number of carboxylic acid groups (broad SMARTS) is 1. The zero-order chi connectivity index (χ0) is 12.6. The number of oxazole rings is 1. The normalized spacial score (nSPS) is 14.8. The first-order chi connectivity index (χ1) is 7.99. The zero-order valence-electron chi connectivity index (χ0n) is 9.48. The van der Waals surface area contributed by atoms with Crippen LogP contribution in [0.4, 0.5) is 0 Å². The van der Waals surface area contributed by atoms with E-state index in [4.69, 9.17) is 21.1 Å². The van der Waals surface area contributed by atoms with E-state index in [2.05, 4.69) is 4.98 Å². The molecule has 2 rings (SSSR count). The van der Waals surface area contributed by atoms with Crippen LogP contribution < -0.4 is 0 Å². The van der Waals surface area contributed by atoms with E-state index >= 15 is 0 Å². The minimum atomic E-state index is -0.863. The molecule has 2 aromatic rings. The van der Waals surface area contributed by atoms with E-state index in [1.807, 2.05) is 0 Å². The van der Waals surface area contributed by atoms with Crippen LogP contribution in [0.2, 0.25) is 5.02 Å². The molecule has 0 aliphatic carbocycles. The largest absolute Gasteiger partial charge is 0.481 e. The van der Waals surface area contributed by atoms with Gasteiger partial charge in [0.1, 0.15) is 5.52 Å². The van der Waals surface area contributed by atoms with Gasteiger partial charge in [-0.2, -0.15) is 0 Å². The molecule has 0 saturated heterocycles. The van der Waals surface area contributed by atoms with Gasteiger partial charge in [0.05, 0.1) is 5.92 Å². The Balaban J connectivity index is 2.39. The van der Waals surface area contributed by atoms with Crippen molar-refractivity contribution >= 4 is 28.7 Å². The van der Waals surface area contributed by atoms with Gasteiger partial charge < -0.3 is 9.52 Å². The quantitative estimate of drug-likeness (QED) is 0.912. The number of nitrogens with zero attached hydrogens (tertiary/aromatic N) is 1. The molecule has 0 aliphatic rings. The molecule has 2 unspecified atom stereocenters. The number of hydrogen-bond acceptors (Lipinski definition) is 3. The standard InChI is InChI=1S/C12H12ClNO3/c1-6(7(2)12(15)16)11-14-9-5-8(13)3-4-10(9)17-11/h3-7H,1-2H3,(H,15,16). The Morgan fingerprint density at radius 2 is 2.18 bits per heavy atom. The number of hydrogen-bond donors (Lipinski definition) is 1. The van der Waals surface area contributed by atoms with Crippen LogP contribution in [0, 0.1) is 5.92 Å². The minimum absolute atomic E-state index is 0.279. The van der Waals surface area contributed by atoms with Gasteiger partial charge in [-0.25, -0.2) is 4.98 Å². The summed E-state index contributed by atoms with van der Waals surface area (Å²) >= 11 is 5.84. The number of rotatable bonds is 3. The lowest BCUT2D eigenvalue weighted by Crippen LogP contribution is -2.16. The number of carboxylic acids is 1. The Bertz CT molecular complexity index is 564. The molecule has 0 bridgehead atoms. The topological polar surface area (TPSA) is 63.3 Å².